The lowest BCUT2D eigenvalue weighted by atomic mass is 10.1. The third kappa shape index (κ3) is 2.81. The second-order valence-electron chi connectivity index (χ2n) is 5.08. The normalized spacial score (nSPS) is 15.6. The molecule has 6 heteroatoms. The first-order valence-electron chi connectivity index (χ1n) is 7.28. The number of methoxy groups -OCH3 is 2. The Morgan fingerprint density at radius 3 is 2.42 bits per heavy atom. The smallest absolute Gasteiger partial charge is 0.282 e. The molecule has 122 valence electrons. The topological polar surface area (TPSA) is 67.9 Å². The van der Waals surface area contributed by atoms with E-state index in [9.17, 15) is 9.59 Å². The fraction of sp³-hybridized carbons (Fsp3) is 0.111. The number of ether oxygens (including phenoxy) is 2. The molecule has 1 N–H and O–H groups in total. The number of anilines is 1. The maximum Gasteiger partial charge on any atom is 0.282 e. The first-order valence-corrected chi connectivity index (χ1v) is 7.28. The Labute approximate surface area is 139 Å². The van der Waals surface area contributed by atoms with Crippen molar-refractivity contribution in [2.24, 2.45) is 0 Å². The third-order valence-corrected chi connectivity index (χ3v) is 3.65. The van der Waals surface area contributed by atoms with E-state index in [1.807, 2.05) is 6.07 Å². The summed E-state index contributed by atoms with van der Waals surface area (Å²) in [5.74, 6) is 0.272. The Hall–Kier alpha value is -3.28. The molecule has 2 amide bonds. The van der Waals surface area contributed by atoms with Gasteiger partial charge in [0.25, 0.3) is 11.8 Å². The van der Waals surface area contributed by atoms with Gasteiger partial charge in [-0.05, 0) is 30.3 Å². The SMILES string of the molecule is COc1ccc(C=C2C(=O)NN(c3ccccc3)C2=O)c(OC)c1. The van der Waals surface area contributed by atoms with E-state index in [2.05, 4.69) is 5.43 Å². The number of para-hydroxylation sites is 1. The molecule has 0 spiro atoms. The van der Waals surface area contributed by atoms with E-state index < -0.39 is 11.8 Å². The molecule has 0 aromatic heterocycles. The second kappa shape index (κ2) is 6.45. The molecular weight excluding hydrogens is 308 g/mol. The van der Waals surface area contributed by atoms with Gasteiger partial charge in [-0.15, -0.1) is 0 Å². The summed E-state index contributed by atoms with van der Waals surface area (Å²) in [4.78, 5) is 24.7. The van der Waals surface area contributed by atoms with Crippen LogP contribution in [0.5, 0.6) is 11.5 Å². The minimum atomic E-state index is -0.457. The number of hydrogen-bond acceptors (Lipinski definition) is 4. The highest BCUT2D eigenvalue weighted by Crippen LogP contribution is 2.28. The average Bonchev–Trinajstić information content (AvgIpc) is 2.91. The van der Waals surface area contributed by atoms with Crippen molar-refractivity contribution in [1.29, 1.82) is 0 Å². The van der Waals surface area contributed by atoms with Gasteiger partial charge in [-0.1, -0.05) is 18.2 Å². The Bertz CT molecular complexity index is 815. The van der Waals surface area contributed by atoms with Crippen LogP contribution < -0.4 is 19.9 Å². The highest BCUT2D eigenvalue weighted by Gasteiger charge is 2.34. The summed E-state index contributed by atoms with van der Waals surface area (Å²) < 4.78 is 10.4. The average molecular weight is 324 g/mol. The van der Waals surface area contributed by atoms with Gasteiger partial charge in [-0.3, -0.25) is 15.0 Å². The number of benzene rings is 2. The molecule has 0 saturated carbocycles. The van der Waals surface area contributed by atoms with Gasteiger partial charge in [-0.25, -0.2) is 5.01 Å². The van der Waals surface area contributed by atoms with Gasteiger partial charge in [-0.2, -0.15) is 0 Å². The molecule has 1 saturated heterocycles. The number of carbonyl (C=O) groups excluding carboxylic acids is 2. The van der Waals surface area contributed by atoms with Gasteiger partial charge < -0.3 is 9.47 Å². The molecule has 0 aliphatic carbocycles. The molecule has 0 radical (unpaired) electrons. The highest BCUT2D eigenvalue weighted by molar-refractivity contribution is 6.31. The van der Waals surface area contributed by atoms with Crippen LogP contribution in [-0.2, 0) is 9.59 Å². The van der Waals surface area contributed by atoms with Crippen molar-refractivity contribution in [3.05, 3.63) is 59.7 Å². The van der Waals surface area contributed by atoms with Gasteiger partial charge in [0.05, 0.1) is 19.9 Å². The van der Waals surface area contributed by atoms with Crippen LogP contribution in [-0.4, -0.2) is 26.0 Å². The molecule has 1 fully saturated rings. The molecule has 0 bridgehead atoms. The van der Waals surface area contributed by atoms with Crippen molar-refractivity contribution in [2.45, 2.75) is 0 Å². The minimum Gasteiger partial charge on any atom is -0.497 e. The van der Waals surface area contributed by atoms with Gasteiger partial charge in [0, 0.05) is 11.6 Å². The maximum atomic E-state index is 12.6. The predicted molar refractivity (Wildman–Crippen MR) is 89.6 cm³/mol. The zero-order chi connectivity index (χ0) is 17.1. The van der Waals surface area contributed by atoms with Crippen LogP contribution in [0.15, 0.2) is 54.1 Å². The van der Waals surface area contributed by atoms with Crippen molar-refractivity contribution in [3.63, 3.8) is 0 Å². The van der Waals surface area contributed by atoms with Gasteiger partial charge in [0.1, 0.15) is 17.1 Å². The number of carbonyl (C=O) groups is 2. The van der Waals surface area contributed by atoms with Crippen LogP contribution in [0.3, 0.4) is 0 Å². The fourth-order valence-electron chi connectivity index (χ4n) is 2.41. The van der Waals surface area contributed by atoms with E-state index in [0.29, 0.717) is 22.7 Å². The molecule has 1 aliphatic rings. The van der Waals surface area contributed by atoms with Crippen molar-refractivity contribution in [3.8, 4) is 11.5 Å². The number of hydrazine groups is 1. The Morgan fingerprint density at radius 2 is 1.75 bits per heavy atom. The van der Waals surface area contributed by atoms with Gasteiger partial charge >= 0.3 is 0 Å². The molecule has 2 aromatic rings. The predicted octanol–water partition coefficient (Wildman–Crippen LogP) is 2.17. The Balaban J connectivity index is 1.96. The summed E-state index contributed by atoms with van der Waals surface area (Å²) in [6.07, 6.45) is 1.51. The van der Waals surface area contributed by atoms with Crippen molar-refractivity contribution in [1.82, 2.24) is 5.43 Å². The minimum absolute atomic E-state index is 0.0438. The Kier molecular flexibility index (Phi) is 4.20. The lowest BCUT2D eigenvalue weighted by molar-refractivity contribution is -0.117. The van der Waals surface area contributed by atoms with E-state index in [1.165, 1.54) is 18.2 Å². The summed E-state index contributed by atoms with van der Waals surface area (Å²) in [6.45, 7) is 0. The summed E-state index contributed by atoms with van der Waals surface area (Å²) >= 11 is 0. The van der Waals surface area contributed by atoms with Crippen LogP contribution >= 0.6 is 0 Å². The van der Waals surface area contributed by atoms with Crippen LogP contribution in [0, 0.1) is 0 Å². The standard InChI is InChI=1S/C18H16N2O4/c1-23-14-9-8-12(16(11-14)24-2)10-15-17(21)19-20(18(15)22)13-6-4-3-5-7-13/h3-11H,1-2H3,(H,19,21). The van der Waals surface area contributed by atoms with E-state index in [4.69, 9.17) is 9.47 Å². The fourth-order valence-corrected chi connectivity index (χ4v) is 2.41. The first-order chi connectivity index (χ1) is 11.6. The van der Waals surface area contributed by atoms with Gasteiger partial charge in [0.15, 0.2) is 0 Å². The number of hydrogen-bond donors (Lipinski definition) is 1. The van der Waals surface area contributed by atoms with E-state index in [-0.39, 0.29) is 5.57 Å². The van der Waals surface area contributed by atoms with E-state index in [1.54, 1.807) is 49.6 Å². The first kappa shape index (κ1) is 15.6. The van der Waals surface area contributed by atoms with E-state index >= 15 is 0 Å². The molecule has 2 aromatic carbocycles. The molecule has 0 atom stereocenters. The van der Waals surface area contributed by atoms with Crippen molar-refractivity contribution >= 4 is 23.6 Å². The lowest BCUT2D eigenvalue weighted by Gasteiger charge is -2.13. The molecule has 1 aliphatic heterocycles. The Morgan fingerprint density at radius 1 is 1.00 bits per heavy atom. The van der Waals surface area contributed by atoms with Gasteiger partial charge in [0.2, 0.25) is 0 Å². The summed E-state index contributed by atoms with van der Waals surface area (Å²) in [6, 6.07) is 14.1. The molecule has 1 heterocycles. The molecule has 24 heavy (non-hydrogen) atoms. The summed E-state index contributed by atoms with van der Waals surface area (Å²) in [5.41, 5.74) is 3.82. The summed E-state index contributed by atoms with van der Waals surface area (Å²) in [5, 5.41) is 1.23. The van der Waals surface area contributed by atoms with Crippen LogP contribution in [0.4, 0.5) is 5.69 Å². The largest absolute Gasteiger partial charge is 0.497 e. The number of rotatable bonds is 4. The van der Waals surface area contributed by atoms with Crippen LogP contribution in [0.2, 0.25) is 0 Å². The number of amides is 2. The highest BCUT2D eigenvalue weighted by atomic mass is 16.5. The monoisotopic (exact) mass is 324 g/mol. The third-order valence-electron chi connectivity index (χ3n) is 3.65. The molecule has 0 unspecified atom stereocenters. The maximum absolute atomic E-state index is 12.6. The number of nitrogens with zero attached hydrogens (tertiary/aromatic N) is 1. The van der Waals surface area contributed by atoms with E-state index in [0.717, 1.165) is 0 Å². The lowest BCUT2D eigenvalue weighted by Crippen LogP contribution is -2.35. The zero-order valence-electron chi connectivity index (χ0n) is 13.3. The quantitative estimate of drug-likeness (QED) is 0.691. The molecule has 6 nitrogen and oxygen atoms in total. The van der Waals surface area contributed by atoms with Crippen LogP contribution in [0.1, 0.15) is 5.56 Å². The molecule has 3 rings (SSSR count). The van der Waals surface area contributed by atoms with Crippen molar-refractivity contribution < 1.29 is 19.1 Å². The zero-order valence-corrected chi connectivity index (χ0v) is 13.3. The van der Waals surface area contributed by atoms with Crippen LogP contribution in [0.25, 0.3) is 6.08 Å². The second-order valence-corrected chi connectivity index (χ2v) is 5.08. The summed E-state index contributed by atoms with van der Waals surface area (Å²) in [7, 11) is 3.07. The number of nitrogens with one attached hydrogen (secondary N) is 1. The van der Waals surface area contributed by atoms with Crippen molar-refractivity contribution in [2.75, 3.05) is 19.2 Å². The molecular formula is C18H16N2O4.